The first-order chi connectivity index (χ1) is 15.5. The molecule has 160 valence electrons. The number of fused-ring (bicyclic) bond motifs is 1. The number of rotatable bonds is 4. The molecule has 0 saturated heterocycles. The predicted octanol–water partition coefficient (Wildman–Crippen LogP) is 4.97. The van der Waals surface area contributed by atoms with E-state index in [9.17, 15) is 18.0 Å². The van der Waals surface area contributed by atoms with Crippen molar-refractivity contribution in [2.24, 2.45) is 0 Å². The molecule has 0 spiro atoms. The SMILES string of the molecule is O=C1NCCc2c1c(-c1ccc(F)cc1)c(-c1ccncc1)n2Cc1ccc(F)cc1F. The van der Waals surface area contributed by atoms with E-state index in [0.717, 1.165) is 17.3 Å². The van der Waals surface area contributed by atoms with E-state index in [4.69, 9.17) is 0 Å². The Morgan fingerprint density at radius 1 is 0.875 bits per heavy atom. The Labute approximate surface area is 182 Å². The molecule has 4 nitrogen and oxygen atoms in total. The number of hydrogen-bond acceptors (Lipinski definition) is 2. The summed E-state index contributed by atoms with van der Waals surface area (Å²) in [5.74, 6) is -1.93. The Morgan fingerprint density at radius 3 is 2.31 bits per heavy atom. The topological polar surface area (TPSA) is 46.9 Å². The Bertz CT molecular complexity index is 1310. The molecule has 0 fully saturated rings. The second kappa shape index (κ2) is 8.00. The van der Waals surface area contributed by atoms with Crippen molar-refractivity contribution >= 4 is 5.91 Å². The van der Waals surface area contributed by atoms with Gasteiger partial charge in [0.2, 0.25) is 0 Å². The van der Waals surface area contributed by atoms with Gasteiger partial charge in [-0.1, -0.05) is 18.2 Å². The number of nitrogens with zero attached hydrogens (tertiary/aromatic N) is 2. The lowest BCUT2D eigenvalue weighted by atomic mass is 9.95. The van der Waals surface area contributed by atoms with Crippen molar-refractivity contribution in [1.29, 1.82) is 0 Å². The zero-order valence-electron chi connectivity index (χ0n) is 16.9. The minimum absolute atomic E-state index is 0.112. The van der Waals surface area contributed by atoms with Crippen LogP contribution in [0.5, 0.6) is 0 Å². The van der Waals surface area contributed by atoms with Gasteiger partial charge in [0, 0.05) is 53.8 Å². The first kappa shape index (κ1) is 20.1. The molecular formula is C25H18F3N3O. The Balaban J connectivity index is 1.81. The minimum Gasteiger partial charge on any atom is -0.352 e. The van der Waals surface area contributed by atoms with E-state index in [1.165, 1.54) is 24.3 Å². The van der Waals surface area contributed by atoms with E-state index in [1.807, 2.05) is 16.7 Å². The molecule has 0 unspecified atom stereocenters. The number of benzene rings is 2. The Hall–Kier alpha value is -3.87. The monoisotopic (exact) mass is 433 g/mol. The van der Waals surface area contributed by atoms with Crippen molar-refractivity contribution in [3.05, 3.63) is 101 Å². The third kappa shape index (κ3) is 3.45. The van der Waals surface area contributed by atoms with Crippen molar-refractivity contribution < 1.29 is 18.0 Å². The lowest BCUT2D eigenvalue weighted by molar-refractivity contribution is 0.0946. The second-order valence-electron chi connectivity index (χ2n) is 7.62. The smallest absolute Gasteiger partial charge is 0.253 e. The quantitative estimate of drug-likeness (QED) is 0.494. The molecule has 1 N–H and O–H groups in total. The number of amides is 1. The number of hydrogen-bond donors (Lipinski definition) is 1. The van der Waals surface area contributed by atoms with Crippen LogP contribution in [0.1, 0.15) is 21.6 Å². The summed E-state index contributed by atoms with van der Waals surface area (Å²) in [5, 5.41) is 2.87. The van der Waals surface area contributed by atoms with Crippen LogP contribution in [0.2, 0.25) is 0 Å². The van der Waals surface area contributed by atoms with Gasteiger partial charge in [-0.2, -0.15) is 0 Å². The fraction of sp³-hybridized carbons (Fsp3) is 0.120. The number of aromatic nitrogens is 2. The van der Waals surface area contributed by atoms with Crippen LogP contribution in [-0.4, -0.2) is 22.0 Å². The van der Waals surface area contributed by atoms with Crippen LogP contribution in [0.4, 0.5) is 13.2 Å². The molecule has 0 saturated carbocycles. The van der Waals surface area contributed by atoms with Gasteiger partial charge in [-0.15, -0.1) is 0 Å². The summed E-state index contributed by atoms with van der Waals surface area (Å²) >= 11 is 0. The molecule has 7 heteroatoms. The highest BCUT2D eigenvalue weighted by Gasteiger charge is 2.31. The van der Waals surface area contributed by atoms with Gasteiger partial charge >= 0.3 is 0 Å². The molecule has 0 bridgehead atoms. The van der Waals surface area contributed by atoms with Gasteiger partial charge in [0.25, 0.3) is 5.91 Å². The van der Waals surface area contributed by atoms with E-state index in [-0.39, 0.29) is 18.3 Å². The molecule has 5 rings (SSSR count). The molecule has 0 atom stereocenters. The zero-order valence-corrected chi connectivity index (χ0v) is 16.9. The van der Waals surface area contributed by atoms with Crippen LogP contribution < -0.4 is 5.32 Å². The minimum atomic E-state index is -0.656. The number of pyridine rings is 1. The van der Waals surface area contributed by atoms with E-state index >= 15 is 0 Å². The van der Waals surface area contributed by atoms with E-state index in [2.05, 4.69) is 10.3 Å². The molecule has 1 aliphatic heterocycles. The first-order valence-corrected chi connectivity index (χ1v) is 10.2. The van der Waals surface area contributed by atoms with Crippen molar-refractivity contribution in [2.75, 3.05) is 6.54 Å². The predicted molar refractivity (Wildman–Crippen MR) is 115 cm³/mol. The number of carbonyl (C=O) groups excluding carboxylic acids is 1. The van der Waals surface area contributed by atoms with Gasteiger partial charge in [0.1, 0.15) is 17.5 Å². The number of carbonyl (C=O) groups is 1. The lowest BCUT2D eigenvalue weighted by Crippen LogP contribution is -2.32. The molecule has 1 aliphatic rings. The van der Waals surface area contributed by atoms with Crippen LogP contribution >= 0.6 is 0 Å². The van der Waals surface area contributed by atoms with Crippen LogP contribution in [-0.2, 0) is 13.0 Å². The standard InChI is InChI=1S/C25H18F3N3O/c26-18-4-1-15(2-5-18)22-23-21(9-12-30-25(23)32)31(24(22)16-7-10-29-11-8-16)14-17-3-6-19(27)13-20(17)28/h1-8,10-11,13H,9,12,14H2,(H,30,32). The third-order valence-electron chi connectivity index (χ3n) is 5.68. The van der Waals surface area contributed by atoms with Gasteiger partial charge < -0.3 is 9.88 Å². The van der Waals surface area contributed by atoms with E-state index < -0.39 is 11.6 Å². The molecule has 0 radical (unpaired) electrons. The average Bonchev–Trinajstić information content (AvgIpc) is 3.12. The third-order valence-corrected chi connectivity index (χ3v) is 5.68. The molecule has 2 aromatic heterocycles. The highest BCUT2D eigenvalue weighted by Crippen LogP contribution is 2.41. The molecule has 1 amide bonds. The summed E-state index contributed by atoms with van der Waals surface area (Å²) in [6, 6.07) is 13.0. The summed E-state index contributed by atoms with van der Waals surface area (Å²) in [6.45, 7) is 0.557. The molecule has 2 aromatic carbocycles. The highest BCUT2D eigenvalue weighted by atomic mass is 19.1. The molecule has 0 aliphatic carbocycles. The molecule has 3 heterocycles. The maximum atomic E-state index is 14.6. The largest absolute Gasteiger partial charge is 0.352 e. The van der Waals surface area contributed by atoms with Gasteiger partial charge in [0.15, 0.2) is 0 Å². The van der Waals surface area contributed by atoms with Crippen LogP contribution in [0.25, 0.3) is 22.4 Å². The summed E-state index contributed by atoms with van der Waals surface area (Å²) in [6.07, 6.45) is 3.82. The Kier molecular flexibility index (Phi) is 5.01. The van der Waals surface area contributed by atoms with Crippen molar-refractivity contribution in [2.45, 2.75) is 13.0 Å². The summed E-state index contributed by atoms with van der Waals surface area (Å²) < 4.78 is 43.6. The van der Waals surface area contributed by atoms with Gasteiger partial charge in [-0.25, -0.2) is 13.2 Å². The molecule has 4 aromatic rings. The van der Waals surface area contributed by atoms with Crippen LogP contribution in [0.15, 0.2) is 67.0 Å². The van der Waals surface area contributed by atoms with Gasteiger partial charge in [-0.05, 0) is 35.9 Å². The summed E-state index contributed by atoms with van der Waals surface area (Å²) in [4.78, 5) is 17.1. The van der Waals surface area contributed by atoms with Crippen molar-refractivity contribution in [3.63, 3.8) is 0 Å². The fourth-order valence-corrected chi connectivity index (χ4v) is 4.26. The first-order valence-electron chi connectivity index (χ1n) is 10.2. The summed E-state index contributed by atoms with van der Waals surface area (Å²) in [7, 11) is 0. The van der Waals surface area contributed by atoms with E-state index in [0.29, 0.717) is 40.9 Å². The van der Waals surface area contributed by atoms with Crippen molar-refractivity contribution in [1.82, 2.24) is 14.9 Å². The zero-order chi connectivity index (χ0) is 22.2. The lowest BCUT2D eigenvalue weighted by Gasteiger charge is -2.18. The van der Waals surface area contributed by atoms with Gasteiger partial charge in [-0.3, -0.25) is 9.78 Å². The highest BCUT2D eigenvalue weighted by molar-refractivity contribution is 6.07. The summed E-state index contributed by atoms with van der Waals surface area (Å²) in [5.41, 5.74) is 4.33. The maximum Gasteiger partial charge on any atom is 0.253 e. The average molecular weight is 433 g/mol. The van der Waals surface area contributed by atoms with Crippen LogP contribution in [0.3, 0.4) is 0 Å². The molecular weight excluding hydrogens is 415 g/mol. The van der Waals surface area contributed by atoms with Gasteiger partial charge in [0.05, 0.1) is 17.8 Å². The second-order valence-corrected chi connectivity index (χ2v) is 7.62. The number of halogens is 3. The molecule has 32 heavy (non-hydrogen) atoms. The Morgan fingerprint density at radius 2 is 1.59 bits per heavy atom. The normalized spacial score (nSPS) is 13.0. The van der Waals surface area contributed by atoms with Crippen molar-refractivity contribution in [3.8, 4) is 22.4 Å². The maximum absolute atomic E-state index is 14.6. The fourth-order valence-electron chi connectivity index (χ4n) is 4.26. The van der Waals surface area contributed by atoms with Crippen LogP contribution in [0, 0.1) is 17.5 Å². The van der Waals surface area contributed by atoms with E-state index in [1.54, 1.807) is 24.5 Å². The number of nitrogens with one attached hydrogen (secondary N) is 1.